The van der Waals surface area contributed by atoms with Crippen LogP contribution in [0, 0.1) is 20.8 Å². The van der Waals surface area contributed by atoms with Gasteiger partial charge in [0, 0.05) is 63.1 Å². The van der Waals surface area contributed by atoms with E-state index in [1.165, 1.54) is 16.8 Å². The SMILES string of the molecule is Cc1ccc(N2CCN(CCCC(=O)N3CCC(Nc4ccc(C)c(C)n4)CC3)CC2)cc1. The molecule has 6 heteroatoms. The normalized spacial score (nSPS) is 17.9. The van der Waals surface area contributed by atoms with E-state index in [0.717, 1.165) is 76.6 Å². The zero-order valence-corrected chi connectivity index (χ0v) is 20.5. The van der Waals surface area contributed by atoms with Crippen LogP contribution in [-0.4, -0.2) is 72.5 Å². The molecule has 1 amide bonds. The molecule has 6 nitrogen and oxygen atoms in total. The van der Waals surface area contributed by atoms with Crippen LogP contribution < -0.4 is 10.2 Å². The summed E-state index contributed by atoms with van der Waals surface area (Å²) in [5.41, 5.74) is 4.92. The molecular formula is C27H39N5O. The first-order chi connectivity index (χ1) is 16.0. The predicted octanol–water partition coefficient (Wildman–Crippen LogP) is 4.01. The third-order valence-electron chi connectivity index (χ3n) is 7.19. The highest BCUT2D eigenvalue weighted by atomic mass is 16.2. The summed E-state index contributed by atoms with van der Waals surface area (Å²) in [4.78, 5) is 24.4. The molecule has 3 heterocycles. The molecule has 0 saturated carbocycles. The van der Waals surface area contributed by atoms with Gasteiger partial charge in [-0.25, -0.2) is 4.98 Å². The fourth-order valence-electron chi connectivity index (χ4n) is 4.79. The van der Waals surface area contributed by atoms with Gasteiger partial charge in [0.15, 0.2) is 0 Å². The van der Waals surface area contributed by atoms with Crippen molar-refractivity contribution in [1.82, 2.24) is 14.8 Å². The van der Waals surface area contributed by atoms with E-state index in [1.54, 1.807) is 0 Å². The lowest BCUT2D eigenvalue weighted by atomic mass is 10.0. The van der Waals surface area contributed by atoms with E-state index >= 15 is 0 Å². The Morgan fingerprint density at radius 3 is 2.30 bits per heavy atom. The molecule has 2 aliphatic heterocycles. The van der Waals surface area contributed by atoms with E-state index in [-0.39, 0.29) is 0 Å². The fourth-order valence-corrected chi connectivity index (χ4v) is 4.79. The minimum atomic E-state index is 0.316. The first-order valence-corrected chi connectivity index (χ1v) is 12.5. The van der Waals surface area contributed by atoms with Crippen molar-refractivity contribution in [3.63, 3.8) is 0 Å². The second kappa shape index (κ2) is 11.0. The van der Waals surface area contributed by atoms with Crippen LogP contribution >= 0.6 is 0 Å². The number of aryl methyl sites for hydroxylation is 3. The first-order valence-electron chi connectivity index (χ1n) is 12.5. The standard InChI is InChI=1S/C27H39N5O/c1-21-6-9-25(10-7-21)31-19-17-30(18-20-31)14-4-5-27(33)32-15-12-24(13-16-32)29-26-11-8-22(2)23(3)28-26/h6-11,24H,4-5,12-20H2,1-3H3,(H,28,29). The third-order valence-corrected chi connectivity index (χ3v) is 7.19. The quantitative estimate of drug-likeness (QED) is 0.692. The molecule has 1 aromatic heterocycles. The third kappa shape index (κ3) is 6.47. The summed E-state index contributed by atoms with van der Waals surface area (Å²) in [6.07, 6.45) is 3.59. The number of piperidine rings is 1. The second-order valence-electron chi connectivity index (χ2n) is 9.67. The molecule has 0 spiro atoms. The van der Waals surface area contributed by atoms with Gasteiger partial charge in [-0.3, -0.25) is 9.69 Å². The zero-order chi connectivity index (χ0) is 23.2. The summed E-state index contributed by atoms with van der Waals surface area (Å²) in [5, 5.41) is 3.55. The average Bonchev–Trinajstić information content (AvgIpc) is 2.83. The molecule has 0 radical (unpaired) electrons. The lowest BCUT2D eigenvalue weighted by Gasteiger charge is -2.36. The first kappa shape index (κ1) is 23.6. The van der Waals surface area contributed by atoms with Crippen LogP contribution in [0.2, 0.25) is 0 Å². The number of amides is 1. The van der Waals surface area contributed by atoms with Crippen molar-refractivity contribution in [3.8, 4) is 0 Å². The number of hydrogen-bond acceptors (Lipinski definition) is 5. The number of carbonyl (C=O) groups is 1. The van der Waals surface area contributed by atoms with E-state index in [1.807, 2.05) is 6.92 Å². The molecule has 0 unspecified atom stereocenters. The van der Waals surface area contributed by atoms with Gasteiger partial charge >= 0.3 is 0 Å². The van der Waals surface area contributed by atoms with Gasteiger partial charge in [-0.15, -0.1) is 0 Å². The molecule has 178 valence electrons. The number of piperazine rings is 1. The lowest BCUT2D eigenvalue weighted by molar-refractivity contribution is -0.132. The topological polar surface area (TPSA) is 51.7 Å². The van der Waals surface area contributed by atoms with E-state index in [2.05, 4.69) is 75.2 Å². The molecule has 0 bridgehead atoms. The Labute approximate surface area is 199 Å². The summed E-state index contributed by atoms with van der Waals surface area (Å²) in [6.45, 7) is 13.2. The van der Waals surface area contributed by atoms with Gasteiger partial charge in [0.2, 0.25) is 5.91 Å². The van der Waals surface area contributed by atoms with Gasteiger partial charge < -0.3 is 15.1 Å². The van der Waals surface area contributed by atoms with Crippen molar-refractivity contribution in [2.45, 2.75) is 52.5 Å². The Kier molecular flexibility index (Phi) is 7.86. The Morgan fingerprint density at radius 2 is 1.64 bits per heavy atom. The van der Waals surface area contributed by atoms with Crippen LogP contribution in [0.5, 0.6) is 0 Å². The number of pyridine rings is 1. The largest absolute Gasteiger partial charge is 0.369 e. The zero-order valence-electron chi connectivity index (χ0n) is 20.5. The number of anilines is 2. The van der Waals surface area contributed by atoms with Crippen LogP contribution in [0.25, 0.3) is 0 Å². The van der Waals surface area contributed by atoms with Gasteiger partial charge in [0.25, 0.3) is 0 Å². The monoisotopic (exact) mass is 449 g/mol. The molecule has 2 saturated heterocycles. The van der Waals surface area contributed by atoms with E-state index < -0.39 is 0 Å². The molecule has 1 N–H and O–H groups in total. The van der Waals surface area contributed by atoms with Gasteiger partial charge in [-0.05, 0) is 70.3 Å². The Hall–Kier alpha value is -2.60. The summed E-state index contributed by atoms with van der Waals surface area (Å²) >= 11 is 0. The maximum Gasteiger partial charge on any atom is 0.222 e. The van der Waals surface area contributed by atoms with Gasteiger partial charge in [-0.2, -0.15) is 0 Å². The molecule has 0 aliphatic carbocycles. The van der Waals surface area contributed by atoms with Crippen molar-refractivity contribution < 1.29 is 4.79 Å². The summed E-state index contributed by atoms with van der Waals surface area (Å²) in [5.74, 6) is 1.27. The van der Waals surface area contributed by atoms with Crippen LogP contribution in [0.1, 0.15) is 42.5 Å². The van der Waals surface area contributed by atoms with Crippen molar-refractivity contribution in [3.05, 3.63) is 53.2 Å². The smallest absolute Gasteiger partial charge is 0.222 e. The predicted molar refractivity (Wildman–Crippen MR) is 136 cm³/mol. The van der Waals surface area contributed by atoms with Gasteiger partial charge in [0.05, 0.1) is 0 Å². The maximum absolute atomic E-state index is 12.7. The molecule has 1 aromatic carbocycles. The average molecular weight is 450 g/mol. The Bertz CT molecular complexity index is 913. The summed E-state index contributed by atoms with van der Waals surface area (Å²) < 4.78 is 0. The summed E-state index contributed by atoms with van der Waals surface area (Å²) in [7, 11) is 0. The summed E-state index contributed by atoms with van der Waals surface area (Å²) in [6, 6.07) is 13.4. The molecule has 4 rings (SSSR count). The van der Waals surface area contributed by atoms with Crippen LogP contribution in [-0.2, 0) is 4.79 Å². The second-order valence-corrected chi connectivity index (χ2v) is 9.67. The molecular weight excluding hydrogens is 410 g/mol. The number of likely N-dealkylation sites (tertiary alicyclic amines) is 1. The Morgan fingerprint density at radius 1 is 0.939 bits per heavy atom. The van der Waals surface area contributed by atoms with Crippen LogP contribution in [0.15, 0.2) is 36.4 Å². The van der Waals surface area contributed by atoms with Crippen LogP contribution in [0.4, 0.5) is 11.5 Å². The minimum absolute atomic E-state index is 0.316. The molecule has 2 aliphatic rings. The highest BCUT2D eigenvalue weighted by molar-refractivity contribution is 5.76. The molecule has 33 heavy (non-hydrogen) atoms. The van der Waals surface area contributed by atoms with E-state index in [9.17, 15) is 4.79 Å². The van der Waals surface area contributed by atoms with Crippen molar-refractivity contribution in [2.75, 3.05) is 56.0 Å². The fraction of sp³-hybridized carbons (Fsp3) is 0.556. The van der Waals surface area contributed by atoms with Crippen molar-refractivity contribution in [2.24, 2.45) is 0 Å². The number of aromatic nitrogens is 1. The van der Waals surface area contributed by atoms with Crippen molar-refractivity contribution >= 4 is 17.4 Å². The molecule has 2 aromatic rings. The van der Waals surface area contributed by atoms with E-state index in [0.29, 0.717) is 18.4 Å². The number of nitrogens with zero attached hydrogens (tertiary/aromatic N) is 4. The number of benzene rings is 1. The number of rotatable bonds is 7. The highest BCUT2D eigenvalue weighted by Crippen LogP contribution is 2.19. The number of hydrogen-bond donors (Lipinski definition) is 1. The lowest BCUT2D eigenvalue weighted by Crippen LogP contribution is -2.47. The minimum Gasteiger partial charge on any atom is -0.369 e. The maximum atomic E-state index is 12.7. The van der Waals surface area contributed by atoms with E-state index in [4.69, 9.17) is 0 Å². The molecule has 2 fully saturated rings. The van der Waals surface area contributed by atoms with Gasteiger partial charge in [-0.1, -0.05) is 23.8 Å². The number of carbonyl (C=O) groups excluding carboxylic acids is 1. The highest BCUT2D eigenvalue weighted by Gasteiger charge is 2.23. The van der Waals surface area contributed by atoms with Crippen LogP contribution in [0.3, 0.4) is 0 Å². The van der Waals surface area contributed by atoms with Crippen molar-refractivity contribution in [1.29, 1.82) is 0 Å². The molecule has 0 atom stereocenters. The Balaban J connectivity index is 1.12. The number of nitrogens with one attached hydrogen (secondary N) is 1. The van der Waals surface area contributed by atoms with Gasteiger partial charge in [0.1, 0.15) is 5.82 Å².